The first-order valence-electron chi connectivity index (χ1n) is 6.46. The summed E-state index contributed by atoms with van der Waals surface area (Å²) < 4.78 is 5.27. The van der Waals surface area contributed by atoms with Gasteiger partial charge in [-0.15, -0.1) is 0 Å². The predicted molar refractivity (Wildman–Crippen MR) is 73.4 cm³/mol. The van der Waals surface area contributed by atoms with E-state index in [9.17, 15) is 0 Å². The van der Waals surface area contributed by atoms with Gasteiger partial charge in [-0.2, -0.15) is 0 Å². The van der Waals surface area contributed by atoms with Crippen LogP contribution in [0.4, 0.5) is 11.6 Å². The zero-order valence-electron chi connectivity index (χ0n) is 11.2. The number of nitrogens with zero attached hydrogens (tertiary/aromatic N) is 2. The summed E-state index contributed by atoms with van der Waals surface area (Å²) >= 11 is 0. The minimum atomic E-state index is 0.640. The Kier molecular flexibility index (Phi) is 7.05. The van der Waals surface area contributed by atoms with E-state index in [0.717, 1.165) is 50.7 Å². The van der Waals surface area contributed by atoms with Crippen LogP contribution in [0.3, 0.4) is 0 Å². The number of aromatic nitrogens is 2. The van der Waals surface area contributed by atoms with Gasteiger partial charge in [-0.25, -0.2) is 15.8 Å². The molecule has 102 valence electrons. The maximum absolute atomic E-state index is 5.39. The molecule has 0 amide bonds. The summed E-state index contributed by atoms with van der Waals surface area (Å²) in [5.74, 6) is 7.64. The summed E-state index contributed by atoms with van der Waals surface area (Å²) in [6, 6.07) is 1.81. The lowest BCUT2D eigenvalue weighted by Crippen LogP contribution is -2.13. The van der Waals surface area contributed by atoms with Crippen molar-refractivity contribution in [3.63, 3.8) is 0 Å². The van der Waals surface area contributed by atoms with Crippen molar-refractivity contribution >= 4 is 11.6 Å². The average molecular weight is 253 g/mol. The summed E-state index contributed by atoms with van der Waals surface area (Å²) in [4.78, 5) is 8.72. The van der Waals surface area contributed by atoms with Crippen molar-refractivity contribution in [2.75, 3.05) is 30.5 Å². The number of hydrogen-bond donors (Lipinski definition) is 3. The molecule has 0 saturated carbocycles. The number of nitrogen functional groups attached to an aromatic ring is 1. The zero-order chi connectivity index (χ0) is 13.2. The highest BCUT2D eigenvalue weighted by Crippen LogP contribution is 2.11. The third-order valence-corrected chi connectivity index (χ3v) is 2.37. The van der Waals surface area contributed by atoms with Gasteiger partial charge in [-0.05, 0) is 19.8 Å². The van der Waals surface area contributed by atoms with E-state index in [-0.39, 0.29) is 0 Å². The number of nitrogens with one attached hydrogen (secondary N) is 2. The molecule has 0 aliphatic heterocycles. The molecule has 0 aliphatic rings. The van der Waals surface area contributed by atoms with Crippen LogP contribution in [0.5, 0.6) is 0 Å². The summed E-state index contributed by atoms with van der Waals surface area (Å²) in [6.07, 6.45) is 2.81. The standard InChI is InChI=1S/C12H23N5O/c1-3-6-10-15-11(9-12(16-10)17-13)14-7-5-8-18-4-2/h9H,3-8,13H2,1-2H3,(H2,14,15,16,17). The van der Waals surface area contributed by atoms with Crippen molar-refractivity contribution in [2.45, 2.75) is 33.1 Å². The van der Waals surface area contributed by atoms with Gasteiger partial charge in [-0.3, -0.25) is 0 Å². The van der Waals surface area contributed by atoms with Crippen LogP contribution in [0, 0.1) is 0 Å². The molecule has 4 N–H and O–H groups in total. The summed E-state index contributed by atoms with van der Waals surface area (Å²) in [5, 5.41) is 3.25. The Morgan fingerprint density at radius 1 is 1.28 bits per heavy atom. The number of rotatable bonds is 9. The van der Waals surface area contributed by atoms with E-state index in [0.29, 0.717) is 5.82 Å². The van der Waals surface area contributed by atoms with Crippen molar-refractivity contribution in [1.29, 1.82) is 0 Å². The SMILES string of the molecule is CCCc1nc(NN)cc(NCCCOCC)n1. The summed E-state index contributed by atoms with van der Waals surface area (Å²) in [6.45, 7) is 6.44. The van der Waals surface area contributed by atoms with Crippen molar-refractivity contribution in [1.82, 2.24) is 9.97 Å². The molecule has 0 aromatic carbocycles. The molecule has 0 aliphatic carbocycles. The second kappa shape index (κ2) is 8.66. The summed E-state index contributed by atoms with van der Waals surface area (Å²) in [5.41, 5.74) is 2.56. The molecule has 0 radical (unpaired) electrons. The molecule has 0 spiro atoms. The average Bonchev–Trinajstić information content (AvgIpc) is 2.38. The Balaban J connectivity index is 2.50. The molecule has 1 aromatic rings. The lowest BCUT2D eigenvalue weighted by molar-refractivity contribution is 0.147. The monoisotopic (exact) mass is 253 g/mol. The van der Waals surface area contributed by atoms with Gasteiger partial charge < -0.3 is 15.5 Å². The van der Waals surface area contributed by atoms with Crippen LogP contribution in [-0.2, 0) is 11.2 Å². The Morgan fingerprint density at radius 2 is 2.06 bits per heavy atom. The van der Waals surface area contributed by atoms with E-state index in [1.807, 2.05) is 6.92 Å². The second-order valence-electron chi connectivity index (χ2n) is 3.93. The highest BCUT2D eigenvalue weighted by molar-refractivity contribution is 5.46. The first-order valence-corrected chi connectivity index (χ1v) is 6.46. The molecule has 0 fully saturated rings. The van der Waals surface area contributed by atoms with Gasteiger partial charge >= 0.3 is 0 Å². The maximum atomic E-state index is 5.39. The van der Waals surface area contributed by atoms with Gasteiger partial charge in [0.2, 0.25) is 0 Å². The van der Waals surface area contributed by atoms with Gasteiger partial charge in [-0.1, -0.05) is 6.92 Å². The molecule has 6 heteroatoms. The molecular weight excluding hydrogens is 230 g/mol. The van der Waals surface area contributed by atoms with Crippen LogP contribution in [-0.4, -0.2) is 29.7 Å². The van der Waals surface area contributed by atoms with Gasteiger partial charge in [0.15, 0.2) is 0 Å². The topological polar surface area (TPSA) is 85.1 Å². The van der Waals surface area contributed by atoms with E-state index >= 15 is 0 Å². The van der Waals surface area contributed by atoms with E-state index in [2.05, 4.69) is 27.6 Å². The van der Waals surface area contributed by atoms with Crippen molar-refractivity contribution in [2.24, 2.45) is 5.84 Å². The number of hydrazine groups is 1. The largest absolute Gasteiger partial charge is 0.382 e. The Bertz CT molecular complexity index is 345. The van der Waals surface area contributed by atoms with Gasteiger partial charge in [0.05, 0.1) is 0 Å². The third-order valence-electron chi connectivity index (χ3n) is 2.37. The first-order chi connectivity index (χ1) is 8.80. The molecule has 0 bridgehead atoms. The van der Waals surface area contributed by atoms with Crippen LogP contribution >= 0.6 is 0 Å². The smallest absolute Gasteiger partial charge is 0.145 e. The lowest BCUT2D eigenvalue weighted by Gasteiger charge is -2.09. The lowest BCUT2D eigenvalue weighted by atomic mass is 10.3. The zero-order valence-corrected chi connectivity index (χ0v) is 11.2. The van der Waals surface area contributed by atoms with Crippen LogP contribution in [0.25, 0.3) is 0 Å². The minimum Gasteiger partial charge on any atom is -0.382 e. The number of hydrogen-bond acceptors (Lipinski definition) is 6. The van der Waals surface area contributed by atoms with Gasteiger partial charge in [0.1, 0.15) is 17.5 Å². The van der Waals surface area contributed by atoms with Crippen molar-refractivity contribution in [3.8, 4) is 0 Å². The number of aryl methyl sites for hydroxylation is 1. The predicted octanol–water partition coefficient (Wildman–Crippen LogP) is 1.55. The fourth-order valence-corrected chi connectivity index (χ4v) is 1.53. The maximum Gasteiger partial charge on any atom is 0.145 e. The fraction of sp³-hybridized carbons (Fsp3) is 0.667. The number of anilines is 2. The first kappa shape index (κ1) is 14.7. The molecular formula is C12H23N5O. The van der Waals surface area contributed by atoms with Crippen LogP contribution in [0.1, 0.15) is 32.5 Å². The minimum absolute atomic E-state index is 0.640. The van der Waals surface area contributed by atoms with Crippen LogP contribution in [0.15, 0.2) is 6.07 Å². The van der Waals surface area contributed by atoms with E-state index in [4.69, 9.17) is 10.6 Å². The van der Waals surface area contributed by atoms with E-state index in [1.54, 1.807) is 6.07 Å². The Hall–Kier alpha value is -1.40. The molecule has 1 rings (SSSR count). The highest BCUT2D eigenvalue weighted by atomic mass is 16.5. The molecule has 1 aromatic heterocycles. The van der Waals surface area contributed by atoms with Crippen molar-refractivity contribution in [3.05, 3.63) is 11.9 Å². The molecule has 18 heavy (non-hydrogen) atoms. The number of nitrogens with two attached hydrogens (primary N) is 1. The van der Waals surface area contributed by atoms with Gasteiger partial charge in [0, 0.05) is 32.2 Å². The normalized spacial score (nSPS) is 10.4. The van der Waals surface area contributed by atoms with Crippen molar-refractivity contribution < 1.29 is 4.74 Å². The molecule has 0 atom stereocenters. The van der Waals surface area contributed by atoms with E-state index in [1.165, 1.54) is 0 Å². The second-order valence-corrected chi connectivity index (χ2v) is 3.93. The quantitative estimate of drug-likeness (QED) is 0.352. The highest BCUT2D eigenvalue weighted by Gasteiger charge is 2.02. The molecule has 6 nitrogen and oxygen atoms in total. The van der Waals surface area contributed by atoms with Crippen LogP contribution < -0.4 is 16.6 Å². The number of ether oxygens (including phenoxy) is 1. The Morgan fingerprint density at radius 3 is 2.72 bits per heavy atom. The van der Waals surface area contributed by atoms with E-state index < -0.39 is 0 Å². The fourth-order valence-electron chi connectivity index (χ4n) is 1.53. The molecule has 1 heterocycles. The Labute approximate surface area is 108 Å². The molecule has 0 saturated heterocycles. The van der Waals surface area contributed by atoms with Crippen LogP contribution in [0.2, 0.25) is 0 Å². The third kappa shape index (κ3) is 5.29. The molecule has 0 unspecified atom stereocenters. The van der Waals surface area contributed by atoms with Gasteiger partial charge in [0.25, 0.3) is 0 Å². The summed E-state index contributed by atoms with van der Waals surface area (Å²) in [7, 11) is 0.